The van der Waals surface area contributed by atoms with E-state index < -0.39 is 17.3 Å². The summed E-state index contributed by atoms with van der Waals surface area (Å²) in [7, 11) is 0. The van der Waals surface area contributed by atoms with Crippen LogP contribution in [0.2, 0.25) is 0 Å². The third-order valence-corrected chi connectivity index (χ3v) is 9.37. The van der Waals surface area contributed by atoms with Gasteiger partial charge in [0.25, 0.3) is 0 Å². The number of hydrogen-bond acceptors (Lipinski definition) is 4. The summed E-state index contributed by atoms with van der Waals surface area (Å²) in [6.45, 7) is 6.04. The number of nitrogens with one attached hydrogen (secondary N) is 1. The van der Waals surface area contributed by atoms with Crippen molar-refractivity contribution in [2.75, 3.05) is 4.90 Å². The molecule has 1 N–H and O–H groups in total. The maximum Gasteiger partial charge on any atom is 0.244 e. The molecule has 1 heterocycles. The van der Waals surface area contributed by atoms with Gasteiger partial charge in [-0.25, -0.2) is 10.3 Å². The van der Waals surface area contributed by atoms with Gasteiger partial charge in [0.1, 0.15) is 0 Å². The Morgan fingerprint density at radius 2 is 1.48 bits per heavy atom. The number of carbonyl (C=O) groups excluding carboxylic acids is 3. The van der Waals surface area contributed by atoms with Crippen LogP contribution in [0.25, 0.3) is 0 Å². The molecule has 2 atom stereocenters. The van der Waals surface area contributed by atoms with Crippen LogP contribution in [0.15, 0.2) is 96.1 Å². The predicted octanol–water partition coefficient (Wildman–Crippen LogP) is 5.51. The van der Waals surface area contributed by atoms with Crippen molar-refractivity contribution in [3.63, 3.8) is 0 Å². The van der Waals surface area contributed by atoms with E-state index in [4.69, 9.17) is 0 Å². The fourth-order valence-corrected chi connectivity index (χ4v) is 7.34. The molecule has 0 unspecified atom stereocenters. The van der Waals surface area contributed by atoms with Gasteiger partial charge in [0.15, 0.2) is 0 Å². The minimum atomic E-state index is -1.02. The van der Waals surface area contributed by atoms with Crippen LogP contribution in [-0.2, 0) is 26.2 Å². The molecule has 1 fully saturated rings. The Bertz CT molecular complexity index is 1760. The number of hydrogen-bond donors (Lipinski definition) is 1. The Labute approximate surface area is 245 Å². The zero-order valence-corrected chi connectivity index (χ0v) is 23.8. The summed E-state index contributed by atoms with van der Waals surface area (Å²) < 4.78 is 0. The van der Waals surface area contributed by atoms with E-state index in [0.717, 1.165) is 38.9 Å². The lowest BCUT2D eigenvalue weighted by molar-refractivity contribution is -0.123. The first kappa shape index (κ1) is 26.1. The lowest BCUT2D eigenvalue weighted by atomic mass is 9.47. The fraction of sp³-hybridized carbons (Fsp3) is 0.222. The SMILES string of the molecule is Cc1ccc(N2C(=O)[C@@H]3C4c5ccccc5C(/C=N\NC(=O)Cc5ccc(C)c(C)c5)(c5ccccc54)[C@H]3C2=O)cc1. The van der Waals surface area contributed by atoms with Gasteiger partial charge in [-0.2, -0.15) is 5.10 Å². The second-order valence-electron chi connectivity index (χ2n) is 11.8. The number of carbonyl (C=O) groups is 3. The zero-order valence-electron chi connectivity index (χ0n) is 23.8. The molecule has 42 heavy (non-hydrogen) atoms. The van der Waals surface area contributed by atoms with Crippen LogP contribution in [0, 0.1) is 32.6 Å². The largest absolute Gasteiger partial charge is 0.274 e. The fourth-order valence-electron chi connectivity index (χ4n) is 7.34. The Morgan fingerprint density at radius 1 is 0.833 bits per heavy atom. The van der Waals surface area contributed by atoms with Crippen molar-refractivity contribution in [2.45, 2.75) is 38.5 Å². The highest BCUT2D eigenvalue weighted by atomic mass is 16.2. The molecule has 1 aliphatic heterocycles. The molecule has 0 radical (unpaired) electrons. The summed E-state index contributed by atoms with van der Waals surface area (Å²) >= 11 is 0. The van der Waals surface area contributed by atoms with Crippen molar-refractivity contribution >= 4 is 29.6 Å². The molecule has 3 amide bonds. The van der Waals surface area contributed by atoms with Crippen LogP contribution >= 0.6 is 0 Å². The number of aryl methyl sites for hydroxylation is 3. The van der Waals surface area contributed by atoms with Gasteiger partial charge in [0, 0.05) is 12.1 Å². The van der Waals surface area contributed by atoms with Gasteiger partial charge in [-0.15, -0.1) is 0 Å². The number of anilines is 1. The molecule has 8 rings (SSSR count). The summed E-state index contributed by atoms with van der Waals surface area (Å²) in [5.74, 6) is -2.20. The number of rotatable bonds is 5. The van der Waals surface area contributed by atoms with Crippen LogP contribution in [0.1, 0.15) is 50.4 Å². The maximum atomic E-state index is 14.4. The Hall–Kier alpha value is -4.84. The number of imide groups is 1. The average Bonchev–Trinajstić information content (AvgIpc) is 3.26. The van der Waals surface area contributed by atoms with Crippen LogP contribution < -0.4 is 10.3 Å². The molecule has 0 spiro atoms. The van der Waals surface area contributed by atoms with E-state index in [9.17, 15) is 14.4 Å². The summed E-state index contributed by atoms with van der Waals surface area (Å²) in [6, 6.07) is 29.5. The Kier molecular flexibility index (Phi) is 5.98. The van der Waals surface area contributed by atoms with E-state index in [-0.39, 0.29) is 30.1 Å². The van der Waals surface area contributed by atoms with Crippen LogP contribution in [0.3, 0.4) is 0 Å². The minimum Gasteiger partial charge on any atom is -0.274 e. The molecule has 6 heteroatoms. The lowest BCUT2D eigenvalue weighted by Crippen LogP contribution is -2.54. The molecular formula is C36H31N3O3. The van der Waals surface area contributed by atoms with Gasteiger partial charge in [0.05, 0.1) is 29.4 Å². The van der Waals surface area contributed by atoms with Crippen LogP contribution in [0.4, 0.5) is 5.69 Å². The highest BCUT2D eigenvalue weighted by Gasteiger charge is 2.68. The Morgan fingerprint density at radius 3 is 2.12 bits per heavy atom. The highest BCUT2D eigenvalue weighted by molar-refractivity contribution is 6.25. The second-order valence-corrected chi connectivity index (χ2v) is 11.8. The van der Waals surface area contributed by atoms with Gasteiger partial charge < -0.3 is 0 Å². The zero-order chi connectivity index (χ0) is 29.2. The summed E-state index contributed by atoms with van der Waals surface area (Å²) in [5.41, 5.74) is 10.5. The molecule has 3 aliphatic carbocycles. The third kappa shape index (κ3) is 3.71. The molecule has 2 bridgehead atoms. The average molecular weight is 554 g/mol. The maximum absolute atomic E-state index is 14.4. The second kappa shape index (κ2) is 9.62. The Balaban J connectivity index is 1.33. The summed E-state index contributed by atoms with van der Waals surface area (Å²) in [5, 5.41) is 4.52. The van der Waals surface area contributed by atoms with Crippen molar-refractivity contribution < 1.29 is 14.4 Å². The molecule has 4 aliphatic rings. The van der Waals surface area contributed by atoms with Gasteiger partial charge in [-0.3, -0.25) is 14.4 Å². The molecule has 0 aromatic heterocycles. The molecule has 4 aromatic rings. The van der Waals surface area contributed by atoms with Gasteiger partial charge in [-0.05, 0) is 71.8 Å². The number of nitrogens with zero attached hydrogens (tertiary/aromatic N) is 2. The number of hydrazone groups is 1. The predicted molar refractivity (Wildman–Crippen MR) is 162 cm³/mol. The van der Waals surface area contributed by atoms with E-state index in [1.165, 1.54) is 10.5 Å². The van der Waals surface area contributed by atoms with E-state index in [1.54, 1.807) is 6.21 Å². The molecule has 4 aromatic carbocycles. The van der Waals surface area contributed by atoms with Crippen molar-refractivity contribution in [3.8, 4) is 0 Å². The number of benzene rings is 4. The smallest absolute Gasteiger partial charge is 0.244 e. The quantitative estimate of drug-likeness (QED) is 0.201. The van der Waals surface area contributed by atoms with E-state index in [1.807, 2.05) is 99.6 Å². The molecule has 208 valence electrons. The number of amides is 3. The summed E-state index contributed by atoms with van der Waals surface area (Å²) in [4.78, 5) is 43.0. The highest BCUT2D eigenvalue weighted by Crippen LogP contribution is 2.63. The first-order chi connectivity index (χ1) is 20.3. The minimum absolute atomic E-state index is 0.186. The first-order valence-corrected chi connectivity index (χ1v) is 14.3. The van der Waals surface area contributed by atoms with Gasteiger partial charge in [0.2, 0.25) is 17.7 Å². The van der Waals surface area contributed by atoms with Crippen molar-refractivity contribution in [3.05, 3.63) is 136 Å². The standard InChI is InChI=1S/C36H31N3O3/c1-21-12-16-25(17-13-21)39-34(41)32-31-26-8-4-6-10-28(26)36(33(32)35(39)42,29-11-7-5-9-27(29)31)20-37-38-30(40)19-24-15-14-22(2)23(3)18-24/h4-18,20,31-33H,19H2,1-3H3,(H,38,40)/b37-20-/t31?,32-,33-,36?/m1/s1. The normalized spacial score (nSPS) is 23.6. The molecule has 6 nitrogen and oxygen atoms in total. The third-order valence-electron chi connectivity index (χ3n) is 9.37. The van der Waals surface area contributed by atoms with Crippen molar-refractivity contribution in [1.82, 2.24) is 5.43 Å². The van der Waals surface area contributed by atoms with Crippen LogP contribution in [0.5, 0.6) is 0 Å². The molecule has 1 saturated heterocycles. The van der Waals surface area contributed by atoms with Gasteiger partial charge >= 0.3 is 0 Å². The van der Waals surface area contributed by atoms with E-state index in [0.29, 0.717) is 5.69 Å². The van der Waals surface area contributed by atoms with Crippen molar-refractivity contribution in [1.29, 1.82) is 0 Å². The lowest BCUT2D eigenvalue weighted by Gasteiger charge is -2.52. The van der Waals surface area contributed by atoms with E-state index in [2.05, 4.69) is 22.7 Å². The molecular weight excluding hydrogens is 522 g/mol. The topological polar surface area (TPSA) is 78.8 Å². The monoisotopic (exact) mass is 553 g/mol. The van der Waals surface area contributed by atoms with Gasteiger partial charge in [-0.1, -0.05) is 84.4 Å². The van der Waals surface area contributed by atoms with Crippen LogP contribution in [-0.4, -0.2) is 23.9 Å². The molecule has 0 saturated carbocycles. The summed E-state index contributed by atoms with van der Waals surface area (Å²) in [6.07, 6.45) is 1.89. The first-order valence-electron chi connectivity index (χ1n) is 14.3. The van der Waals surface area contributed by atoms with E-state index >= 15 is 0 Å². The van der Waals surface area contributed by atoms with Crippen molar-refractivity contribution in [2.24, 2.45) is 16.9 Å².